The second-order valence-electron chi connectivity index (χ2n) is 5.69. The number of benzene rings is 1. The van der Waals surface area contributed by atoms with Crippen LogP contribution in [0.1, 0.15) is 57.1 Å². The van der Waals surface area contributed by atoms with Crippen LogP contribution in [-0.2, 0) is 4.79 Å². The molecule has 2 rings (SSSR count). The molecule has 0 spiro atoms. The van der Waals surface area contributed by atoms with Crippen molar-refractivity contribution in [2.75, 3.05) is 0 Å². The van der Waals surface area contributed by atoms with Gasteiger partial charge in [0.1, 0.15) is 0 Å². The van der Waals surface area contributed by atoms with Gasteiger partial charge in [0.15, 0.2) is 0 Å². The van der Waals surface area contributed by atoms with Gasteiger partial charge in [0.05, 0.1) is 6.04 Å². The number of amides is 1. The quantitative estimate of drug-likeness (QED) is 0.855. The van der Waals surface area contributed by atoms with Crippen LogP contribution in [0.15, 0.2) is 30.3 Å². The van der Waals surface area contributed by atoms with E-state index in [0.717, 1.165) is 37.7 Å². The monoisotopic (exact) mass is 260 g/mol. The van der Waals surface area contributed by atoms with Gasteiger partial charge in [-0.25, -0.2) is 0 Å². The molecule has 1 aromatic rings. The SMILES string of the molecule is CCC(NC(=O)CC1(N)CCCC1)c1ccccc1. The van der Waals surface area contributed by atoms with Gasteiger partial charge >= 0.3 is 0 Å². The Bertz CT molecular complexity index is 410. The van der Waals surface area contributed by atoms with E-state index in [9.17, 15) is 4.79 Å². The van der Waals surface area contributed by atoms with Gasteiger partial charge < -0.3 is 11.1 Å². The predicted octanol–water partition coefficient (Wildman–Crippen LogP) is 2.92. The molecule has 104 valence electrons. The molecular weight excluding hydrogens is 236 g/mol. The van der Waals surface area contributed by atoms with Gasteiger partial charge in [-0.2, -0.15) is 0 Å². The van der Waals surface area contributed by atoms with Gasteiger partial charge in [-0.3, -0.25) is 4.79 Å². The lowest BCUT2D eigenvalue weighted by Crippen LogP contribution is -2.42. The van der Waals surface area contributed by atoms with Crippen molar-refractivity contribution in [2.45, 2.75) is 57.0 Å². The Labute approximate surface area is 115 Å². The number of carbonyl (C=O) groups excluding carboxylic acids is 1. The van der Waals surface area contributed by atoms with Crippen molar-refractivity contribution >= 4 is 5.91 Å². The molecule has 3 nitrogen and oxygen atoms in total. The number of hydrogen-bond donors (Lipinski definition) is 2. The Morgan fingerprint density at radius 1 is 1.32 bits per heavy atom. The maximum atomic E-state index is 12.2. The lowest BCUT2D eigenvalue weighted by atomic mass is 9.94. The first-order valence-electron chi connectivity index (χ1n) is 7.26. The Balaban J connectivity index is 1.93. The third kappa shape index (κ3) is 3.80. The van der Waals surface area contributed by atoms with Crippen molar-refractivity contribution < 1.29 is 4.79 Å². The molecule has 3 N–H and O–H groups in total. The smallest absolute Gasteiger partial charge is 0.222 e. The maximum absolute atomic E-state index is 12.2. The number of carbonyl (C=O) groups is 1. The summed E-state index contributed by atoms with van der Waals surface area (Å²) in [7, 11) is 0. The second-order valence-corrected chi connectivity index (χ2v) is 5.69. The van der Waals surface area contributed by atoms with Crippen LogP contribution in [0.25, 0.3) is 0 Å². The molecule has 0 saturated heterocycles. The molecular formula is C16H24N2O. The first kappa shape index (κ1) is 14.1. The van der Waals surface area contributed by atoms with E-state index in [1.54, 1.807) is 0 Å². The fraction of sp³-hybridized carbons (Fsp3) is 0.562. The number of nitrogens with one attached hydrogen (secondary N) is 1. The molecule has 0 aliphatic heterocycles. The van der Waals surface area contributed by atoms with E-state index in [1.165, 1.54) is 0 Å². The largest absolute Gasteiger partial charge is 0.349 e. The minimum atomic E-state index is -0.265. The van der Waals surface area contributed by atoms with Crippen LogP contribution in [0.2, 0.25) is 0 Å². The number of rotatable bonds is 5. The van der Waals surface area contributed by atoms with E-state index in [2.05, 4.69) is 24.4 Å². The normalized spacial score (nSPS) is 19.1. The summed E-state index contributed by atoms with van der Waals surface area (Å²) in [5, 5.41) is 3.12. The highest BCUT2D eigenvalue weighted by atomic mass is 16.1. The van der Waals surface area contributed by atoms with Gasteiger partial charge in [-0.05, 0) is 24.8 Å². The Hall–Kier alpha value is -1.35. The van der Waals surface area contributed by atoms with Gasteiger partial charge in [-0.1, -0.05) is 50.1 Å². The van der Waals surface area contributed by atoms with Gasteiger partial charge in [0, 0.05) is 12.0 Å². The fourth-order valence-electron chi connectivity index (χ4n) is 2.93. The summed E-state index contributed by atoms with van der Waals surface area (Å²) in [5.41, 5.74) is 7.15. The molecule has 19 heavy (non-hydrogen) atoms. The summed E-state index contributed by atoms with van der Waals surface area (Å²) < 4.78 is 0. The maximum Gasteiger partial charge on any atom is 0.222 e. The molecule has 1 atom stereocenters. The van der Waals surface area contributed by atoms with E-state index in [1.807, 2.05) is 18.2 Å². The summed E-state index contributed by atoms with van der Waals surface area (Å²) in [6.45, 7) is 2.09. The highest BCUT2D eigenvalue weighted by molar-refractivity contribution is 5.77. The van der Waals surface area contributed by atoms with Crippen LogP contribution < -0.4 is 11.1 Å². The Morgan fingerprint density at radius 2 is 1.95 bits per heavy atom. The van der Waals surface area contributed by atoms with Gasteiger partial charge in [0.25, 0.3) is 0 Å². The minimum absolute atomic E-state index is 0.0834. The van der Waals surface area contributed by atoms with Crippen LogP contribution in [-0.4, -0.2) is 11.4 Å². The molecule has 1 aliphatic carbocycles. The lowest BCUT2D eigenvalue weighted by molar-refractivity contribution is -0.123. The van der Waals surface area contributed by atoms with E-state index in [4.69, 9.17) is 5.73 Å². The van der Waals surface area contributed by atoms with Crippen molar-refractivity contribution in [3.05, 3.63) is 35.9 Å². The van der Waals surface area contributed by atoms with E-state index in [0.29, 0.717) is 6.42 Å². The number of hydrogen-bond acceptors (Lipinski definition) is 2. The topological polar surface area (TPSA) is 55.1 Å². The summed E-state index contributed by atoms with van der Waals surface area (Å²) in [6.07, 6.45) is 5.61. The standard InChI is InChI=1S/C16H24N2O/c1-2-14(13-8-4-3-5-9-13)18-15(19)12-16(17)10-6-7-11-16/h3-5,8-9,14H,2,6-7,10-12,17H2,1H3,(H,18,19). The van der Waals surface area contributed by atoms with Crippen LogP contribution in [0.5, 0.6) is 0 Å². The van der Waals surface area contributed by atoms with E-state index < -0.39 is 0 Å². The zero-order valence-corrected chi connectivity index (χ0v) is 11.7. The first-order valence-corrected chi connectivity index (χ1v) is 7.26. The summed E-state index contributed by atoms with van der Waals surface area (Å²) >= 11 is 0. The van der Waals surface area contributed by atoms with Crippen molar-refractivity contribution in [2.24, 2.45) is 5.73 Å². The molecule has 0 heterocycles. The molecule has 1 amide bonds. The van der Waals surface area contributed by atoms with Crippen molar-refractivity contribution in [1.82, 2.24) is 5.32 Å². The van der Waals surface area contributed by atoms with E-state index in [-0.39, 0.29) is 17.5 Å². The molecule has 0 bridgehead atoms. The first-order chi connectivity index (χ1) is 9.13. The molecule has 1 unspecified atom stereocenters. The molecule has 1 fully saturated rings. The molecule has 3 heteroatoms. The van der Waals surface area contributed by atoms with Gasteiger partial charge in [0.2, 0.25) is 5.91 Å². The van der Waals surface area contributed by atoms with Crippen LogP contribution in [0.3, 0.4) is 0 Å². The van der Waals surface area contributed by atoms with Gasteiger partial charge in [-0.15, -0.1) is 0 Å². The minimum Gasteiger partial charge on any atom is -0.349 e. The lowest BCUT2D eigenvalue weighted by Gasteiger charge is -2.25. The van der Waals surface area contributed by atoms with Crippen LogP contribution in [0.4, 0.5) is 0 Å². The average Bonchev–Trinajstić information content (AvgIpc) is 2.83. The predicted molar refractivity (Wildman–Crippen MR) is 77.6 cm³/mol. The average molecular weight is 260 g/mol. The van der Waals surface area contributed by atoms with Crippen molar-refractivity contribution in [1.29, 1.82) is 0 Å². The molecule has 1 saturated carbocycles. The highest BCUT2D eigenvalue weighted by Gasteiger charge is 2.32. The fourth-order valence-corrected chi connectivity index (χ4v) is 2.93. The molecule has 0 radical (unpaired) electrons. The zero-order valence-electron chi connectivity index (χ0n) is 11.7. The summed E-state index contributed by atoms with van der Waals surface area (Å²) in [5.74, 6) is 0.0834. The summed E-state index contributed by atoms with van der Waals surface area (Å²) in [6, 6.07) is 10.2. The third-order valence-electron chi connectivity index (χ3n) is 4.06. The molecule has 0 aromatic heterocycles. The van der Waals surface area contributed by atoms with Crippen LogP contribution in [0, 0.1) is 0 Å². The van der Waals surface area contributed by atoms with E-state index >= 15 is 0 Å². The third-order valence-corrected chi connectivity index (χ3v) is 4.06. The number of nitrogens with two attached hydrogens (primary N) is 1. The Kier molecular flexibility index (Phi) is 4.59. The highest BCUT2D eigenvalue weighted by Crippen LogP contribution is 2.30. The zero-order chi connectivity index (χ0) is 13.7. The van der Waals surface area contributed by atoms with Crippen molar-refractivity contribution in [3.63, 3.8) is 0 Å². The Morgan fingerprint density at radius 3 is 2.53 bits per heavy atom. The molecule has 1 aliphatic rings. The van der Waals surface area contributed by atoms with Crippen molar-refractivity contribution in [3.8, 4) is 0 Å². The van der Waals surface area contributed by atoms with Crippen LogP contribution >= 0.6 is 0 Å². The summed E-state index contributed by atoms with van der Waals surface area (Å²) in [4.78, 5) is 12.2. The second kappa shape index (κ2) is 6.20. The molecule has 1 aromatic carbocycles.